The molecule has 21 heavy (non-hydrogen) atoms. The summed E-state index contributed by atoms with van der Waals surface area (Å²) >= 11 is 0. The summed E-state index contributed by atoms with van der Waals surface area (Å²) in [6, 6.07) is 8.26. The van der Waals surface area contributed by atoms with Crippen molar-refractivity contribution in [3.05, 3.63) is 30.5 Å². The van der Waals surface area contributed by atoms with E-state index in [0.717, 1.165) is 11.2 Å². The minimum Gasteiger partial charge on any atom is -0.397 e. The molecule has 110 valence electrons. The van der Waals surface area contributed by atoms with Gasteiger partial charge in [-0.1, -0.05) is 25.0 Å². The van der Waals surface area contributed by atoms with Gasteiger partial charge < -0.3 is 10.6 Å². The Morgan fingerprint density at radius 2 is 1.76 bits per heavy atom. The molecule has 1 aromatic heterocycles. The molecule has 1 aromatic carbocycles. The van der Waals surface area contributed by atoms with Crippen LogP contribution in [0.15, 0.2) is 30.5 Å². The van der Waals surface area contributed by atoms with Crippen LogP contribution in [0.25, 0.3) is 10.9 Å². The van der Waals surface area contributed by atoms with Crippen LogP contribution in [0, 0.1) is 5.41 Å². The highest BCUT2D eigenvalue weighted by Gasteiger charge is 2.37. The van der Waals surface area contributed by atoms with Crippen molar-refractivity contribution in [2.24, 2.45) is 5.41 Å². The number of nitrogen functional groups attached to an aromatic ring is 1. The van der Waals surface area contributed by atoms with Gasteiger partial charge in [-0.2, -0.15) is 0 Å². The van der Waals surface area contributed by atoms with Crippen molar-refractivity contribution in [1.82, 2.24) is 4.98 Å². The molecule has 1 aliphatic carbocycles. The zero-order chi connectivity index (χ0) is 14.3. The molecule has 1 saturated carbocycles. The summed E-state index contributed by atoms with van der Waals surface area (Å²) in [4.78, 5) is 6.99. The Kier molecular flexibility index (Phi) is 3.02. The van der Waals surface area contributed by atoms with E-state index in [1.165, 1.54) is 62.7 Å². The fourth-order valence-corrected chi connectivity index (χ4v) is 4.31. The first kappa shape index (κ1) is 12.9. The van der Waals surface area contributed by atoms with Gasteiger partial charge in [-0.15, -0.1) is 0 Å². The average molecular weight is 281 g/mol. The summed E-state index contributed by atoms with van der Waals surface area (Å²) < 4.78 is 0. The Bertz CT molecular complexity index is 649. The largest absolute Gasteiger partial charge is 0.397 e. The number of hydrogen-bond acceptors (Lipinski definition) is 3. The van der Waals surface area contributed by atoms with Crippen LogP contribution in [-0.2, 0) is 0 Å². The van der Waals surface area contributed by atoms with Crippen molar-refractivity contribution in [2.45, 2.75) is 38.5 Å². The molecule has 0 unspecified atom stereocenters. The molecule has 2 N–H and O–H groups in total. The summed E-state index contributed by atoms with van der Waals surface area (Å²) in [5.41, 5.74) is 9.76. The number of piperidine rings is 1. The van der Waals surface area contributed by atoms with Crippen LogP contribution in [0.3, 0.4) is 0 Å². The summed E-state index contributed by atoms with van der Waals surface area (Å²) in [5, 5.41) is 1.19. The maximum Gasteiger partial charge on any atom is 0.0951 e. The summed E-state index contributed by atoms with van der Waals surface area (Å²) in [7, 11) is 0. The molecule has 1 spiro atoms. The third-order valence-corrected chi connectivity index (χ3v) is 5.61. The van der Waals surface area contributed by atoms with Gasteiger partial charge in [0.2, 0.25) is 0 Å². The van der Waals surface area contributed by atoms with Gasteiger partial charge in [0.05, 0.1) is 11.2 Å². The molecule has 3 nitrogen and oxygen atoms in total. The number of benzene rings is 1. The molecule has 2 heterocycles. The molecule has 1 saturated heterocycles. The van der Waals surface area contributed by atoms with Crippen molar-refractivity contribution in [2.75, 3.05) is 23.7 Å². The highest BCUT2D eigenvalue weighted by Crippen LogP contribution is 2.47. The first-order chi connectivity index (χ1) is 10.3. The molecule has 0 atom stereocenters. The summed E-state index contributed by atoms with van der Waals surface area (Å²) in [6.45, 7) is 2.35. The number of nitrogens with two attached hydrogens (primary N) is 1. The number of nitrogens with zero attached hydrogens (tertiary/aromatic N) is 2. The minimum atomic E-state index is 0.665. The van der Waals surface area contributed by atoms with E-state index < -0.39 is 0 Å². The van der Waals surface area contributed by atoms with Gasteiger partial charge >= 0.3 is 0 Å². The number of hydrogen-bond donors (Lipinski definition) is 1. The maximum atomic E-state index is 6.07. The lowest BCUT2D eigenvalue weighted by atomic mass is 9.77. The first-order valence-electron chi connectivity index (χ1n) is 8.16. The summed E-state index contributed by atoms with van der Waals surface area (Å²) in [5.74, 6) is 0. The van der Waals surface area contributed by atoms with E-state index in [0.29, 0.717) is 5.41 Å². The van der Waals surface area contributed by atoms with Crippen molar-refractivity contribution in [3.8, 4) is 0 Å². The molecule has 2 aromatic rings. The number of aromatic nitrogens is 1. The zero-order valence-electron chi connectivity index (χ0n) is 12.5. The average Bonchev–Trinajstić information content (AvgIpc) is 2.97. The van der Waals surface area contributed by atoms with E-state index in [-0.39, 0.29) is 0 Å². The van der Waals surface area contributed by atoms with Crippen LogP contribution in [0.2, 0.25) is 0 Å². The lowest BCUT2D eigenvalue weighted by Crippen LogP contribution is -2.38. The maximum absolute atomic E-state index is 6.07. The van der Waals surface area contributed by atoms with Gasteiger partial charge in [0.1, 0.15) is 0 Å². The van der Waals surface area contributed by atoms with Crippen molar-refractivity contribution in [1.29, 1.82) is 0 Å². The Morgan fingerprint density at radius 3 is 2.52 bits per heavy atom. The molecule has 3 heteroatoms. The number of fused-ring (bicyclic) bond motifs is 1. The lowest BCUT2D eigenvalue weighted by Gasteiger charge is -2.40. The van der Waals surface area contributed by atoms with Crippen LogP contribution >= 0.6 is 0 Å². The zero-order valence-corrected chi connectivity index (χ0v) is 12.5. The normalized spacial score (nSPS) is 21.2. The van der Waals surface area contributed by atoms with Crippen LogP contribution in [0.5, 0.6) is 0 Å². The number of para-hydroxylation sites is 1. The van der Waals surface area contributed by atoms with Crippen LogP contribution in [0.4, 0.5) is 11.4 Å². The third kappa shape index (κ3) is 2.15. The minimum absolute atomic E-state index is 0.665. The van der Waals surface area contributed by atoms with E-state index in [2.05, 4.69) is 22.0 Å². The fraction of sp³-hybridized carbons (Fsp3) is 0.500. The quantitative estimate of drug-likeness (QED) is 0.804. The van der Waals surface area contributed by atoms with E-state index >= 15 is 0 Å². The predicted octanol–water partition coefficient (Wildman–Crippen LogP) is 3.98. The predicted molar refractivity (Wildman–Crippen MR) is 88.5 cm³/mol. The second kappa shape index (κ2) is 4.90. The second-order valence-electron chi connectivity index (χ2n) is 6.77. The van der Waals surface area contributed by atoms with Crippen LogP contribution in [-0.4, -0.2) is 18.1 Å². The first-order valence-corrected chi connectivity index (χ1v) is 8.16. The van der Waals surface area contributed by atoms with E-state index in [1.807, 2.05) is 18.3 Å². The van der Waals surface area contributed by atoms with Crippen LogP contribution < -0.4 is 10.6 Å². The molecular weight excluding hydrogens is 258 g/mol. The molecule has 2 fully saturated rings. The molecule has 2 aliphatic rings. The Labute approximate surface area is 126 Å². The van der Waals surface area contributed by atoms with Gasteiger partial charge in [-0.05, 0) is 43.2 Å². The molecule has 4 rings (SSSR count). The van der Waals surface area contributed by atoms with Gasteiger partial charge in [0.15, 0.2) is 0 Å². The van der Waals surface area contributed by atoms with E-state index in [4.69, 9.17) is 5.73 Å². The Morgan fingerprint density at radius 1 is 1.00 bits per heavy atom. The topological polar surface area (TPSA) is 42.1 Å². The van der Waals surface area contributed by atoms with Gasteiger partial charge in [0.25, 0.3) is 0 Å². The Balaban J connectivity index is 1.64. The van der Waals surface area contributed by atoms with Crippen molar-refractivity contribution < 1.29 is 0 Å². The van der Waals surface area contributed by atoms with Gasteiger partial charge in [0, 0.05) is 30.4 Å². The monoisotopic (exact) mass is 281 g/mol. The molecule has 0 amide bonds. The third-order valence-electron chi connectivity index (χ3n) is 5.61. The standard InChI is InChI=1S/C18H23N3/c19-15-5-3-4-14-16(6-11-20-17(14)15)21-12-9-18(10-13-21)7-1-2-8-18/h3-6,11H,1-2,7-10,12-13,19H2. The number of rotatable bonds is 1. The second-order valence-corrected chi connectivity index (χ2v) is 6.77. The SMILES string of the molecule is Nc1cccc2c(N3CCC4(CCCC4)CC3)ccnc12. The smallest absolute Gasteiger partial charge is 0.0951 e. The van der Waals surface area contributed by atoms with Gasteiger partial charge in [-0.25, -0.2) is 0 Å². The number of pyridine rings is 1. The highest BCUT2D eigenvalue weighted by atomic mass is 15.1. The van der Waals surface area contributed by atoms with Crippen LogP contribution in [0.1, 0.15) is 38.5 Å². The lowest BCUT2D eigenvalue weighted by molar-refractivity contribution is 0.227. The Hall–Kier alpha value is -1.77. The molecule has 0 radical (unpaired) electrons. The van der Waals surface area contributed by atoms with Crippen molar-refractivity contribution in [3.63, 3.8) is 0 Å². The molecule has 0 bridgehead atoms. The van der Waals surface area contributed by atoms with E-state index in [1.54, 1.807) is 0 Å². The summed E-state index contributed by atoms with van der Waals surface area (Å²) in [6.07, 6.45) is 10.4. The highest BCUT2D eigenvalue weighted by molar-refractivity contribution is 5.98. The molecule has 1 aliphatic heterocycles. The molecular formula is C18H23N3. The fourth-order valence-electron chi connectivity index (χ4n) is 4.31. The van der Waals surface area contributed by atoms with Gasteiger partial charge in [-0.3, -0.25) is 4.98 Å². The van der Waals surface area contributed by atoms with Crippen molar-refractivity contribution >= 4 is 22.3 Å². The number of anilines is 2. The van der Waals surface area contributed by atoms with E-state index in [9.17, 15) is 0 Å².